The number of rotatable bonds is 5. The van der Waals surface area contributed by atoms with Gasteiger partial charge in [-0.1, -0.05) is 0 Å². The molecule has 0 fully saturated rings. The van der Waals surface area contributed by atoms with Crippen LogP contribution in [0.5, 0.6) is 0 Å². The van der Waals surface area contributed by atoms with Crippen LogP contribution in [0.3, 0.4) is 0 Å². The van der Waals surface area contributed by atoms with Crippen molar-refractivity contribution in [2.75, 3.05) is 25.1 Å². The van der Waals surface area contributed by atoms with Crippen molar-refractivity contribution in [1.29, 1.82) is 0 Å². The molecule has 1 aromatic heterocycles. The van der Waals surface area contributed by atoms with E-state index in [1.165, 1.54) is 4.57 Å². The summed E-state index contributed by atoms with van der Waals surface area (Å²) in [4.78, 5) is 15.4. The van der Waals surface area contributed by atoms with Crippen LogP contribution in [0.25, 0.3) is 0 Å². The summed E-state index contributed by atoms with van der Waals surface area (Å²) in [5, 5.41) is 2.92. The Balaban J connectivity index is 2.51. The molecule has 14 heavy (non-hydrogen) atoms. The molecule has 1 heterocycles. The third-order valence-electron chi connectivity index (χ3n) is 1.76. The van der Waals surface area contributed by atoms with Gasteiger partial charge in [-0.2, -0.15) is 0 Å². The Bertz CT molecular complexity index is 335. The van der Waals surface area contributed by atoms with Crippen molar-refractivity contribution in [1.82, 2.24) is 9.55 Å². The van der Waals surface area contributed by atoms with Crippen LogP contribution >= 0.6 is 0 Å². The SMILES string of the molecule is CCOCCNc1nccn(C)c1=O. The summed E-state index contributed by atoms with van der Waals surface area (Å²) in [6.07, 6.45) is 3.21. The molecule has 0 bridgehead atoms. The molecule has 0 unspecified atom stereocenters. The van der Waals surface area contributed by atoms with Gasteiger partial charge in [0.2, 0.25) is 0 Å². The lowest BCUT2D eigenvalue weighted by atomic mass is 10.5. The van der Waals surface area contributed by atoms with E-state index in [1.54, 1.807) is 19.4 Å². The number of hydrogen-bond donors (Lipinski definition) is 1. The van der Waals surface area contributed by atoms with E-state index in [-0.39, 0.29) is 5.56 Å². The summed E-state index contributed by atoms with van der Waals surface area (Å²) < 4.78 is 6.61. The molecular formula is C9H15N3O2. The molecule has 0 saturated carbocycles. The van der Waals surface area contributed by atoms with Crippen molar-refractivity contribution in [3.8, 4) is 0 Å². The van der Waals surface area contributed by atoms with Crippen molar-refractivity contribution < 1.29 is 4.74 Å². The Morgan fingerprint density at radius 2 is 2.43 bits per heavy atom. The first-order chi connectivity index (χ1) is 6.75. The zero-order valence-electron chi connectivity index (χ0n) is 8.49. The van der Waals surface area contributed by atoms with Crippen LogP contribution in [0.1, 0.15) is 6.92 Å². The second kappa shape index (κ2) is 5.39. The van der Waals surface area contributed by atoms with Crippen LogP contribution in [0.15, 0.2) is 17.2 Å². The first-order valence-electron chi connectivity index (χ1n) is 4.59. The lowest BCUT2D eigenvalue weighted by Crippen LogP contribution is -2.23. The Hall–Kier alpha value is -1.36. The minimum Gasteiger partial charge on any atom is -0.380 e. The van der Waals surface area contributed by atoms with E-state index in [1.807, 2.05) is 6.92 Å². The Morgan fingerprint density at radius 1 is 1.64 bits per heavy atom. The fraction of sp³-hybridized carbons (Fsp3) is 0.556. The molecule has 0 amide bonds. The van der Waals surface area contributed by atoms with E-state index in [2.05, 4.69) is 10.3 Å². The summed E-state index contributed by atoms with van der Waals surface area (Å²) in [7, 11) is 1.69. The molecule has 0 saturated heterocycles. The number of nitrogens with one attached hydrogen (secondary N) is 1. The molecule has 0 aliphatic carbocycles. The quantitative estimate of drug-likeness (QED) is 0.686. The maximum absolute atomic E-state index is 11.4. The van der Waals surface area contributed by atoms with Gasteiger partial charge >= 0.3 is 0 Å². The minimum absolute atomic E-state index is 0.121. The topological polar surface area (TPSA) is 56.1 Å². The van der Waals surface area contributed by atoms with E-state index in [0.29, 0.717) is 25.6 Å². The first kappa shape index (κ1) is 10.7. The maximum atomic E-state index is 11.4. The highest BCUT2D eigenvalue weighted by molar-refractivity contribution is 5.30. The summed E-state index contributed by atoms with van der Waals surface area (Å²) in [5.74, 6) is 0.370. The number of aromatic nitrogens is 2. The number of nitrogens with zero attached hydrogens (tertiary/aromatic N) is 2. The molecular weight excluding hydrogens is 182 g/mol. The second-order valence-corrected chi connectivity index (χ2v) is 2.82. The molecule has 0 atom stereocenters. The van der Waals surface area contributed by atoms with Crippen molar-refractivity contribution in [2.45, 2.75) is 6.92 Å². The standard InChI is InChI=1S/C9H15N3O2/c1-3-14-7-5-11-8-9(13)12(2)6-4-10-8/h4,6H,3,5,7H2,1-2H3,(H,10,11). The van der Waals surface area contributed by atoms with E-state index < -0.39 is 0 Å². The third kappa shape index (κ3) is 2.85. The number of ether oxygens (including phenoxy) is 1. The largest absolute Gasteiger partial charge is 0.380 e. The molecule has 0 aromatic carbocycles. The number of hydrogen-bond acceptors (Lipinski definition) is 4. The average Bonchev–Trinajstić information content (AvgIpc) is 2.19. The van der Waals surface area contributed by atoms with Gasteiger partial charge in [-0.05, 0) is 6.92 Å². The molecule has 1 aromatic rings. The van der Waals surface area contributed by atoms with Gasteiger partial charge in [0.1, 0.15) is 0 Å². The van der Waals surface area contributed by atoms with Crippen LogP contribution in [0.4, 0.5) is 5.82 Å². The summed E-state index contributed by atoms with van der Waals surface area (Å²) in [5.41, 5.74) is -0.121. The van der Waals surface area contributed by atoms with E-state index in [9.17, 15) is 4.79 Å². The van der Waals surface area contributed by atoms with Crippen molar-refractivity contribution in [2.24, 2.45) is 7.05 Å². The fourth-order valence-electron chi connectivity index (χ4n) is 1.01. The minimum atomic E-state index is -0.121. The highest BCUT2D eigenvalue weighted by Crippen LogP contribution is 1.90. The molecule has 0 spiro atoms. The highest BCUT2D eigenvalue weighted by atomic mass is 16.5. The normalized spacial score (nSPS) is 10.1. The predicted molar refractivity (Wildman–Crippen MR) is 54.5 cm³/mol. The van der Waals surface area contributed by atoms with Crippen molar-refractivity contribution >= 4 is 5.82 Å². The summed E-state index contributed by atoms with van der Waals surface area (Å²) in [6.45, 7) is 3.79. The summed E-state index contributed by atoms with van der Waals surface area (Å²) >= 11 is 0. The predicted octanol–water partition coefficient (Wildman–Crippen LogP) is 0.229. The van der Waals surface area contributed by atoms with Crippen LogP contribution in [0, 0.1) is 0 Å². The zero-order chi connectivity index (χ0) is 10.4. The molecule has 5 heteroatoms. The maximum Gasteiger partial charge on any atom is 0.293 e. The molecule has 0 aliphatic heterocycles. The lowest BCUT2D eigenvalue weighted by molar-refractivity contribution is 0.158. The Kier molecular flexibility index (Phi) is 4.12. The van der Waals surface area contributed by atoms with Crippen LogP contribution in [0.2, 0.25) is 0 Å². The van der Waals surface area contributed by atoms with Crippen LogP contribution in [-0.4, -0.2) is 29.3 Å². The van der Waals surface area contributed by atoms with Gasteiger partial charge in [0.15, 0.2) is 5.82 Å². The molecule has 0 aliphatic rings. The van der Waals surface area contributed by atoms with E-state index in [0.717, 1.165) is 0 Å². The van der Waals surface area contributed by atoms with Crippen LogP contribution in [-0.2, 0) is 11.8 Å². The van der Waals surface area contributed by atoms with Gasteiger partial charge in [0.25, 0.3) is 5.56 Å². The van der Waals surface area contributed by atoms with E-state index >= 15 is 0 Å². The fourth-order valence-corrected chi connectivity index (χ4v) is 1.01. The molecule has 1 N–H and O–H groups in total. The van der Waals surface area contributed by atoms with E-state index in [4.69, 9.17) is 4.74 Å². The van der Waals surface area contributed by atoms with Gasteiger partial charge in [0.05, 0.1) is 6.61 Å². The molecule has 78 valence electrons. The average molecular weight is 197 g/mol. The second-order valence-electron chi connectivity index (χ2n) is 2.82. The lowest BCUT2D eigenvalue weighted by Gasteiger charge is -2.05. The van der Waals surface area contributed by atoms with Gasteiger partial charge in [-0.15, -0.1) is 0 Å². The highest BCUT2D eigenvalue weighted by Gasteiger charge is 1.99. The third-order valence-corrected chi connectivity index (χ3v) is 1.76. The smallest absolute Gasteiger partial charge is 0.293 e. The molecule has 1 rings (SSSR count). The number of aryl methyl sites for hydroxylation is 1. The van der Waals surface area contributed by atoms with Gasteiger partial charge in [-0.3, -0.25) is 4.79 Å². The first-order valence-corrected chi connectivity index (χ1v) is 4.59. The molecule has 0 radical (unpaired) electrons. The van der Waals surface area contributed by atoms with Crippen molar-refractivity contribution in [3.05, 3.63) is 22.7 Å². The Labute approximate surface area is 82.7 Å². The van der Waals surface area contributed by atoms with Crippen LogP contribution < -0.4 is 10.9 Å². The molecule has 5 nitrogen and oxygen atoms in total. The van der Waals surface area contributed by atoms with Gasteiger partial charge < -0.3 is 14.6 Å². The van der Waals surface area contributed by atoms with Crippen molar-refractivity contribution in [3.63, 3.8) is 0 Å². The van der Waals surface area contributed by atoms with Gasteiger partial charge in [-0.25, -0.2) is 4.98 Å². The van der Waals surface area contributed by atoms with Gasteiger partial charge in [0, 0.05) is 32.6 Å². The summed E-state index contributed by atoms with van der Waals surface area (Å²) in [6, 6.07) is 0. The zero-order valence-corrected chi connectivity index (χ0v) is 8.49. The number of anilines is 1. The monoisotopic (exact) mass is 197 g/mol. The Morgan fingerprint density at radius 3 is 3.14 bits per heavy atom.